The van der Waals surface area contributed by atoms with Crippen molar-refractivity contribution in [3.05, 3.63) is 63.9 Å². The number of halogens is 4. The molecule has 1 nitrogen and oxygen atoms in total. The molecule has 1 aliphatic carbocycles. The normalized spacial score (nSPS) is 17.1. The van der Waals surface area contributed by atoms with Crippen LogP contribution in [-0.4, -0.2) is 6.04 Å². The van der Waals surface area contributed by atoms with Crippen LogP contribution in [0.3, 0.4) is 0 Å². The van der Waals surface area contributed by atoms with E-state index in [0.29, 0.717) is 17.9 Å². The van der Waals surface area contributed by atoms with Crippen molar-refractivity contribution in [2.45, 2.75) is 18.9 Å². The standard InChI is InChI=1S/C15H11ClF3N/c16-10-2-1-8-6-11(7-9(8)5-10)20-13-4-3-12(17)14(18)15(13)19/h1-5,11,20H,6-7H2. The van der Waals surface area contributed by atoms with E-state index in [1.807, 2.05) is 12.1 Å². The quantitative estimate of drug-likeness (QED) is 0.813. The number of benzene rings is 2. The number of fused-ring (bicyclic) bond motifs is 1. The summed E-state index contributed by atoms with van der Waals surface area (Å²) in [5, 5.41) is 3.57. The predicted octanol–water partition coefficient (Wildman–Crippen LogP) is 4.34. The lowest BCUT2D eigenvalue weighted by Gasteiger charge is -2.14. The largest absolute Gasteiger partial charge is 0.379 e. The van der Waals surface area contributed by atoms with E-state index in [2.05, 4.69) is 5.32 Å². The van der Waals surface area contributed by atoms with Crippen LogP contribution in [0.4, 0.5) is 18.9 Å². The molecule has 0 amide bonds. The monoisotopic (exact) mass is 297 g/mol. The summed E-state index contributed by atoms with van der Waals surface area (Å²) >= 11 is 5.92. The van der Waals surface area contributed by atoms with E-state index in [0.717, 1.165) is 17.2 Å². The minimum Gasteiger partial charge on any atom is -0.379 e. The van der Waals surface area contributed by atoms with Crippen LogP contribution in [0.1, 0.15) is 11.1 Å². The Labute approximate surface area is 119 Å². The van der Waals surface area contributed by atoms with Crippen molar-refractivity contribution < 1.29 is 13.2 Å². The van der Waals surface area contributed by atoms with Crippen molar-refractivity contribution >= 4 is 17.3 Å². The van der Waals surface area contributed by atoms with Gasteiger partial charge in [-0.3, -0.25) is 0 Å². The second kappa shape index (κ2) is 5.02. The molecule has 0 fully saturated rings. The van der Waals surface area contributed by atoms with Crippen LogP contribution in [0.2, 0.25) is 5.02 Å². The van der Waals surface area contributed by atoms with Crippen LogP contribution in [-0.2, 0) is 12.8 Å². The fourth-order valence-electron chi connectivity index (χ4n) is 2.55. The molecule has 0 aromatic heterocycles. The van der Waals surface area contributed by atoms with E-state index in [1.54, 1.807) is 6.07 Å². The third kappa shape index (κ3) is 2.36. The summed E-state index contributed by atoms with van der Waals surface area (Å²) in [5.74, 6) is -3.82. The molecule has 2 aromatic carbocycles. The van der Waals surface area contributed by atoms with Crippen molar-refractivity contribution in [2.75, 3.05) is 5.32 Å². The number of anilines is 1. The molecule has 5 heteroatoms. The highest BCUT2D eigenvalue weighted by atomic mass is 35.5. The van der Waals surface area contributed by atoms with Gasteiger partial charge >= 0.3 is 0 Å². The Morgan fingerprint density at radius 2 is 1.70 bits per heavy atom. The smallest absolute Gasteiger partial charge is 0.196 e. The molecular formula is C15H11ClF3N. The van der Waals surface area contributed by atoms with Crippen molar-refractivity contribution in [3.63, 3.8) is 0 Å². The van der Waals surface area contributed by atoms with E-state index in [-0.39, 0.29) is 11.7 Å². The zero-order valence-electron chi connectivity index (χ0n) is 10.4. The molecule has 104 valence electrons. The third-order valence-electron chi connectivity index (χ3n) is 3.50. The highest BCUT2D eigenvalue weighted by Gasteiger charge is 2.23. The lowest BCUT2D eigenvalue weighted by atomic mass is 10.1. The molecule has 0 saturated heterocycles. The summed E-state index contributed by atoms with van der Waals surface area (Å²) in [7, 11) is 0. The van der Waals surface area contributed by atoms with E-state index in [4.69, 9.17) is 11.6 Å². The lowest BCUT2D eigenvalue weighted by Crippen LogP contribution is -2.20. The van der Waals surface area contributed by atoms with Gasteiger partial charge in [-0.1, -0.05) is 17.7 Å². The second-order valence-corrected chi connectivity index (χ2v) is 5.32. The summed E-state index contributed by atoms with van der Waals surface area (Å²) in [6.07, 6.45) is 1.37. The van der Waals surface area contributed by atoms with E-state index in [9.17, 15) is 13.2 Å². The molecule has 3 rings (SSSR count). The van der Waals surface area contributed by atoms with Gasteiger partial charge in [-0.05, 0) is 48.2 Å². The molecule has 0 heterocycles. The van der Waals surface area contributed by atoms with Gasteiger partial charge in [-0.15, -0.1) is 0 Å². The highest BCUT2D eigenvalue weighted by molar-refractivity contribution is 6.30. The Hall–Kier alpha value is -1.68. The van der Waals surface area contributed by atoms with Crippen molar-refractivity contribution in [1.29, 1.82) is 0 Å². The molecule has 0 radical (unpaired) electrons. The summed E-state index contributed by atoms with van der Waals surface area (Å²) < 4.78 is 39.7. The summed E-state index contributed by atoms with van der Waals surface area (Å²) in [6, 6.07) is 7.69. The van der Waals surface area contributed by atoms with Gasteiger partial charge in [-0.2, -0.15) is 0 Å². The van der Waals surface area contributed by atoms with Crippen molar-refractivity contribution in [2.24, 2.45) is 0 Å². The van der Waals surface area contributed by atoms with Gasteiger partial charge in [0, 0.05) is 11.1 Å². The minimum absolute atomic E-state index is 0.0206. The van der Waals surface area contributed by atoms with Crippen LogP contribution in [0.15, 0.2) is 30.3 Å². The Morgan fingerprint density at radius 3 is 2.50 bits per heavy atom. The van der Waals surface area contributed by atoms with E-state index in [1.165, 1.54) is 6.07 Å². The van der Waals surface area contributed by atoms with Crippen LogP contribution in [0.25, 0.3) is 0 Å². The average Bonchev–Trinajstić information content (AvgIpc) is 2.81. The van der Waals surface area contributed by atoms with Gasteiger partial charge in [0.25, 0.3) is 0 Å². The Bertz CT molecular complexity index is 672. The van der Waals surface area contributed by atoms with Crippen LogP contribution in [0.5, 0.6) is 0 Å². The van der Waals surface area contributed by atoms with Crippen LogP contribution < -0.4 is 5.32 Å². The Kier molecular flexibility index (Phi) is 3.34. The average molecular weight is 298 g/mol. The fourth-order valence-corrected chi connectivity index (χ4v) is 2.74. The van der Waals surface area contributed by atoms with Crippen molar-refractivity contribution in [3.8, 4) is 0 Å². The van der Waals surface area contributed by atoms with Gasteiger partial charge in [0.05, 0.1) is 5.69 Å². The molecule has 0 bridgehead atoms. The molecular weight excluding hydrogens is 287 g/mol. The molecule has 1 aliphatic rings. The van der Waals surface area contributed by atoms with Gasteiger partial charge < -0.3 is 5.32 Å². The summed E-state index contributed by atoms with van der Waals surface area (Å²) in [6.45, 7) is 0. The summed E-state index contributed by atoms with van der Waals surface area (Å²) in [4.78, 5) is 0. The number of rotatable bonds is 2. The topological polar surface area (TPSA) is 12.0 Å². The lowest BCUT2D eigenvalue weighted by molar-refractivity contribution is 0.448. The van der Waals surface area contributed by atoms with Crippen LogP contribution in [0, 0.1) is 17.5 Å². The first kappa shape index (κ1) is 13.3. The van der Waals surface area contributed by atoms with Gasteiger partial charge in [0.2, 0.25) is 0 Å². The molecule has 0 spiro atoms. The molecule has 1 atom stereocenters. The molecule has 20 heavy (non-hydrogen) atoms. The van der Waals surface area contributed by atoms with Gasteiger partial charge in [0.15, 0.2) is 17.5 Å². The first-order valence-corrected chi connectivity index (χ1v) is 6.59. The molecule has 2 aromatic rings. The van der Waals surface area contributed by atoms with E-state index < -0.39 is 17.5 Å². The zero-order chi connectivity index (χ0) is 14.3. The first-order chi connectivity index (χ1) is 9.54. The molecule has 0 aliphatic heterocycles. The fraction of sp³-hybridized carbons (Fsp3) is 0.200. The summed E-state index contributed by atoms with van der Waals surface area (Å²) in [5.41, 5.74) is 2.21. The zero-order valence-corrected chi connectivity index (χ0v) is 11.1. The maximum atomic E-state index is 13.6. The Balaban J connectivity index is 1.80. The number of hydrogen-bond donors (Lipinski definition) is 1. The van der Waals surface area contributed by atoms with Gasteiger partial charge in [-0.25, -0.2) is 13.2 Å². The van der Waals surface area contributed by atoms with E-state index >= 15 is 0 Å². The molecule has 1 N–H and O–H groups in total. The molecule has 0 saturated carbocycles. The SMILES string of the molecule is Fc1ccc(NC2Cc3ccc(Cl)cc3C2)c(F)c1F. The molecule has 1 unspecified atom stereocenters. The number of nitrogens with one attached hydrogen (secondary N) is 1. The number of hydrogen-bond acceptors (Lipinski definition) is 1. The third-order valence-corrected chi connectivity index (χ3v) is 3.73. The predicted molar refractivity (Wildman–Crippen MR) is 72.6 cm³/mol. The van der Waals surface area contributed by atoms with Crippen LogP contribution >= 0.6 is 11.6 Å². The van der Waals surface area contributed by atoms with Crippen molar-refractivity contribution in [1.82, 2.24) is 0 Å². The Morgan fingerprint density at radius 1 is 0.950 bits per heavy atom. The second-order valence-electron chi connectivity index (χ2n) is 4.89. The minimum atomic E-state index is -1.45. The maximum Gasteiger partial charge on any atom is 0.196 e. The highest BCUT2D eigenvalue weighted by Crippen LogP contribution is 2.28. The van der Waals surface area contributed by atoms with Gasteiger partial charge in [0.1, 0.15) is 0 Å². The maximum absolute atomic E-state index is 13.6. The first-order valence-electron chi connectivity index (χ1n) is 6.22.